The van der Waals surface area contributed by atoms with E-state index in [1.165, 1.54) is 23.5 Å². The van der Waals surface area contributed by atoms with E-state index in [-0.39, 0.29) is 0 Å². The van der Waals surface area contributed by atoms with Gasteiger partial charge in [-0.2, -0.15) is 0 Å². The van der Waals surface area contributed by atoms with Crippen molar-refractivity contribution in [2.75, 3.05) is 5.75 Å². The van der Waals surface area contributed by atoms with E-state index in [0.717, 1.165) is 5.92 Å². The van der Waals surface area contributed by atoms with Gasteiger partial charge in [-0.25, -0.2) is 0 Å². The molecule has 11 heavy (non-hydrogen) atoms. The fourth-order valence-electron chi connectivity index (χ4n) is 0.933. The van der Waals surface area contributed by atoms with Gasteiger partial charge >= 0.3 is 0 Å². The summed E-state index contributed by atoms with van der Waals surface area (Å²) in [7, 11) is 0. The van der Waals surface area contributed by atoms with Crippen LogP contribution in [0, 0.1) is 5.92 Å². The van der Waals surface area contributed by atoms with Crippen molar-refractivity contribution in [3.8, 4) is 0 Å². The first-order valence-electron chi connectivity index (χ1n) is 3.98. The lowest BCUT2D eigenvalue weighted by atomic mass is 10.5. The first kappa shape index (κ1) is 7.17. The van der Waals surface area contributed by atoms with Crippen molar-refractivity contribution in [1.29, 1.82) is 0 Å². The molecule has 0 aromatic carbocycles. The largest absolute Gasteiger partial charge is 0.265 e. The Bertz CT molecular complexity index is 218. The van der Waals surface area contributed by atoms with Crippen LogP contribution in [0.3, 0.4) is 0 Å². The normalized spacial score (nSPS) is 16.7. The van der Waals surface area contributed by atoms with Crippen LogP contribution in [0.15, 0.2) is 29.4 Å². The monoisotopic (exact) mass is 165 g/mol. The van der Waals surface area contributed by atoms with E-state index >= 15 is 0 Å². The molecule has 0 atom stereocenters. The molecule has 1 saturated carbocycles. The zero-order valence-electron chi connectivity index (χ0n) is 6.36. The molecule has 1 aliphatic rings. The summed E-state index contributed by atoms with van der Waals surface area (Å²) in [4.78, 5) is 5.33. The first-order chi connectivity index (χ1) is 5.45. The van der Waals surface area contributed by atoms with E-state index < -0.39 is 0 Å². The van der Waals surface area contributed by atoms with Crippen LogP contribution < -0.4 is 0 Å². The van der Waals surface area contributed by atoms with E-state index in [0.29, 0.717) is 0 Å². The first-order valence-corrected chi connectivity index (χ1v) is 4.96. The highest BCUT2D eigenvalue weighted by Crippen LogP contribution is 2.34. The Morgan fingerprint density at radius 3 is 2.73 bits per heavy atom. The minimum Gasteiger partial charge on any atom is -0.265 e. The number of aromatic nitrogens is 1. The van der Waals surface area contributed by atoms with Crippen molar-refractivity contribution >= 4 is 11.8 Å². The van der Waals surface area contributed by atoms with Crippen LogP contribution in [0.25, 0.3) is 0 Å². The number of nitrogens with zero attached hydrogens (tertiary/aromatic N) is 1. The van der Waals surface area contributed by atoms with Gasteiger partial charge in [0.15, 0.2) is 0 Å². The summed E-state index contributed by atoms with van der Waals surface area (Å²) in [6.45, 7) is 0. The third-order valence-corrected chi connectivity index (χ3v) is 3.08. The smallest absolute Gasteiger partial charge is 0.0278 e. The third-order valence-electron chi connectivity index (χ3n) is 1.83. The molecule has 0 bridgehead atoms. The number of thioether (sulfide) groups is 1. The van der Waals surface area contributed by atoms with Crippen LogP contribution in [-0.2, 0) is 0 Å². The molecule has 0 saturated heterocycles. The van der Waals surface area contributed by atoms with Crippen molar-refractivity contribution < 1.29 is 0 Å². The zero-order valence-corrected chi connectivity index (χ0v) is 7.18. The van der Waals surface area contributed by atoms with E-state index in [2.05, 4.69) is 17.1 Å². The van der Waals surface area contributed by atoms with E-state index in [4.69, 9.17) is 0 Å². The molecule has 0 N–H and O–H groups in total. The van der Waals surface area contributed by atoms with Crippen molar-refractivity contribution in [2.45, 2.75) is 17.7 Å². The fourth-order valence-corrected chi connectivity index (χ4v) is 2.01. The Hall–Kier alpha value is -0.500. The summed E-state index contributed by atoms with van der Waals surface area (Å²) >= 11 is 1.95. The van der Waals surface area contributed by atoms with E-state index in [1.54, 1.807) is 0 Å². The van der Waals surface area contributed by atoms with Crippen molar-refractivity contribution in [2.24, 2.45) is 5.92 Å². The highest BCUT2D eigenvalue weighted by Gasteiger charge is 2.20. The lowest BCUT2D eigenvalue weighted by Gasteiger charge is -1.97. The maximum Gasteiger partial charge on any atom is 0.0278 e. The maximum atomic E-state index is 3.97. The predicted molar refractivity (Wildman–Crippen MR) is 47.7 cm³/mol. The lowest BCUT2D eigenvalue weighted by Crippen LogP contribution is -1.80. The van der Waals surface area contributed by atoms with Gasteiger partial charge in [-0.05, 0) is 30.9 Å². The van der Waals surface area contributed by atoms with E-state index in [9.17, 15) is 0 Å². The van der Waals surface area contributed by atoms with Crippen LogP contribution in [-0.4, -0.2) is 10.7 Å². The Kier molecular flexibility index (Phi) is 2.13. The van der Waals surface area contributed by atoms with E-state index in [1.807, 2.05) is 24.2 Å². The highest BCUT2D eigenvalue weighted by molar-refractivity contribution is 7.99. The Labute approximate surface area is 71.2 Å². The summed E-state index contributed by atoms with van der Waals surface area (Å²) < 4.78 is 0. The number of hydrogen-bond acceptors (Lipinski definition) is 2. The second-order valence-corrected chi connectivity index (χ2v) is 4.03. The van der Waals surface area contributed by atoms with Gasteiger partial charge in [-0.3, -0.25) is 4.98 Å². The molecule has 1 nitrogen and oxygen atoms in total. The summed E-state index contributed by atoms with van der Waals surface area (Å²) in [5, 5.41) is 0. The molecule has 1 fully saturated rings. The number of pyridine rings is 1. The molecule has 1 aromatic rings. The Morgan fingerprint density at radius 1 is 1.36 bits per heavy atom. The molecule has 2 rings (SSSR count). The minimum atomic E-state index is 1.01. The van der Waals surface area contributed by atoms with Crippen LogP contribution in [0.1, 0.15) is 12.8 Å². The predicted octanol–water partition coefficient (Wildman–Crippen LogP) is 2.58. The molecule has 0 unspecified atom stereocenters. The van der Waals surface area contributed by atoms with Crippen molar-refractivity contribution in [1.82, 2.24) is 4.98 Å². The van der Waals surface area contributed by atoms with Gasteiger partial charge in [0.05, 0.1) is 0 Å². The van der Waals surface area contributed by atoms with Gasteiger partial charge in [0.1, 0.15) is 0 Å². The molecule has 0 radical (unpaired) electrons. The van der Waals surface area contributed by atoms with Gasteiger partial charge in [-0.1, -0.05) is 0 Å². The molecule has 0 spiro atoms. The molecule has 58 valence electrons. The van der Waals surface area contributed by atoms with Crippen LogP contribution >= 0.6 is 11.8 Å². The van der Waals surface area contributed by atoms with Crippen molar-refractivity contribution in [3.63, 3.8) is 0 Å². The Balaban J connectivity index is 1.85. The lowest BCUT2D eigenvalue weighted by molar-refractivity contribution is 0.999. The summed E-state index contributed by atoms with van der Waals surface area (Å²) in [5.41, 5.74) is 0. The summed E-state index contributed by atoms with van der Waals surface area (Å²) in [6, 6.07) is 4.15. The second kappa shape index (κ2) is 3.26. The number of rotatable bonds is 3. The van der Waals surface area contributed by atoms with Gasteiger partial charge in [0.25, 0.3) is 0 Å². The Morgan fingerprint density at radius 2 is 2.09 bits per heavy atom. The molecule has 1 aliphatic carbocycles. The van der Waals surface area contributed by atoms with Gasteiger partial charge in [0.2, 0.25) is 0 Å². The third kappa shape index (κ3) is 2.22. The molecular weight excluding hydrogens is 154 g/mol. The average Bonchev–Trinajstić information content (AvgIpc) is 2.86. The highest BCUT2D eigenvalue weighted by atomic mass is 32.2. The van der Waals surface area contributed by atoms with Crippen molar-refractivity contribution in [3.05, 3.63) is 24.5 Å². The quantitative estimate of drug-likeness (QED) is 0.638. The van der Waals surface area contributed by atoms with Crippen LogP contribution in [0.2, 0.25) is 0 Å². The topological polar surface area (TPSA) is 12.9 Å². The SMILES string of the molecule is c1cc(SCC2CC2)ccn1. The maximum absolute atomic E-state index is 3.97. The molecular formula is C9H11NS. The standard InChI is InChI=1S/C9H11NS/c1-2-8(1)7-11-9-3-5-10-6-4-9/h3-6,8H,1-2,7H2. The average molecular weight is 165 g/mol. The fraction of sp³-hybridized carbons (Fsp3) is 0.444. The molecule has 1 heterocycles. The summed E-state index contributed by atoms with van der Waals surface area (Å²) in [5.74, 6) is 2.30. The van der Waals surface area contributed by atoms with Gasteiger partial charge in [0, 0.05) is 23.0 Å². The van der Waals surface area contributed by atoms with Crippen LogP contribution in [0.4, 0.5) is 0 Å². The van der Waals surface area contributed by atoms with Gasteiger partial charge in [-0.15, -0.1) is 11.8 Å². The van der Waals surface area contributed by atoms with Gasteiger partial charge < -0.3 is 0 Å². The summed E-state index contributed by atoms with van der Waals surface area (Å²) in [6.07, 6.45) is 6.60. The second-order valence-electron chi connectivity index (χ2n) is 2.94. The van der Waals surface area contributed by atoms with Crippen LogP contribution in [0.5, 0.6) is 0 Å². The molecule has 2 heteroatoms. The molecule has 0 amide bonds. The number of hydrogen-bond donors (Lipinski definition) is 0. The zero-order chi connectivity index (χ0) is 7.52. The molecule has 1 aromatic heterocycles. The minimum absolute atomic E-state index is 1.01. The molecule has 0 aliphatic heterocycles.